The number of hydrogen-bond donors (Lipinski definition) is 2. The van der Waals surface area contributed by atoms with Crippen molar-refractivity contribution in [2.45, 2.75) is 12.1 Å². The van der Waals surface area contributed by atoms with E-state index in [9.17, 15) is 9.59 Å². The smallest absolute Gasteiger partial charge is 0.257 e. The lowest BCUT2D eigenvalue weighted by Crippen LogP contribution is -2.17. The number of anilines is 2. The summed E-state index contributed by atoms with van der Waals surface area (Å²) in [5, 5.41) is 14.5. The minimum absolute atomic E-state index is 0.120. The van der Waals surface area contributed by atoms with Crippen LogP contribution in [0.25, 0.3) is 5.65 Å². The Morgan fingerprint density at radius 3 is 2.53 bits per heavy atom. The lowest BCUT2D eigenvalue weighted by molar-refractivity contribution is -0.113. The summed E-state index contributed by atoms with van der Waals surface area (Å²) in [7, 11) is 0. The van der Waals surface area contributed by atoms with Gasteiger partial charge in [0.1, 0.15) is 13.2 Å². The maximum atomic E-state index is 12.7. The van der Waals surface area contributed by atoms with Gasteiger partial charge in [-0.15, -0.1) is 10.2 Å². The van der Waals surface area contributed by atoms with E-state index in [0.717, 1.165) is 5.56 Å². The van der Waals surface area contributed by atoms with Gasteiger partial charge in [0.2, 0.25) is 5.91 Å². The van der Waals surface area contributed by atoms with Crippen molar-refractivity contribution in [2.24, 2.45) is 0 Å². The van der Waals surface area contributed by atoms with Crippen LogP contribution in [0.3, 0.4) is 0 Å². The summed E-state index contributed by atoms with van der Waals surface area (Å²) in [6.45, 7) is 2.98. The maximum absolute atomic E-state index is 12.7. The Kier molecular flexibility index (Phi) is 6.05. The second-order valence-electron chi connectivity index (χ2n) is 7.64. The Bertz CT molecular complexity index is 1370. The molecule has 0 aliphatic carbocycles. The van der Waals surface area contributed by atoms with Crippen molar-refractivity contribution in [3.05, 3.63) is 71.9 Å². The Hall–Kier alpha value is -4.05. The number of hydrogen-bond acceptors (Lipinski definition) is 7. The van der Waals surface area contributed by atoms with E-state index in [-0.39, 0.29) is 17.6 Å². The van der Waals surface area contributed by atoms with Gasteiger partial charge in [0.05, 0.1) is 11.3 Å². The van der Waals surface area contributed by atoms with Crippen LogP contribution in [0.4, 0.5) is 11.4 Å². The zero-order valence-electron chi connectivity index (χ0n) is 18.3. The molecule has 0 bridgehead atoms. The van der Waals surface area contributed by atoms with E-state index in [1.165, 1.54) is 11.8 Å². The molecule has 0 fully saturated rings. The van der Waals surface area contributed by atoms with Gasteiger partial charge >= 0.3 is 0 Å². The van der Waals surface area contributed by atoms with Gasteiger partial charge in [-0.25, -0.2) is 0 Å². The predicted molar refractivity (Wildman–Crippen MR) is 129 cm³/mol. The molecule has 2 amide bonds. The number of aryl methyl sites for hydroxylation is 1. The Morgan fingerprint density at radius 1 is 0.941 bits per heavy atom. The fourth-order valence-electron chi connectivity index (χ4n) is 3.39. The monoisotopic (exact) mass is 475 g/mol. The first-order chi connectivity index (χ1) is 16.5. The molecule has 0 unspecified atom stereocenters. The molecule has 1 aliphatic heterocycles. The quantitative estimate of drug-likeness (QED) is 0.409. The van der Waals surface area contributed by atoms with Crippen LogP contribution in [0.15, 0.2) is 66.0 Å². The molecule has 0 spiro atoms. The Morgan fingerprint density at radius 2 is 1.71 bits per heavy atom. The first kappa shape index (κ1) is 21.8. The second-order valence-corrected chi connectivity index (χ2v) is 8.59. The highest BCUT2D eigenvalue weighted by Crippen LogP contribution is 2.32. The van der Waals surface area contributed by atoms with Crippen LogP contribution in [-0.4, -0.2) is 45.4 Å². The molecule has 0 atom stereocenters. The third-order valence-electron chi connectivity index (χ3n) is 5.10. The molecule has 34 heavy (non-hydrogen) atoms. The van der Waals surface area contributed by atoms with E-state index in [0.29, 0.717) is 52.5 Å². The van der Waals surface area contributed by atoms with E-state index in [4.69, 9.17) is 9.47 Å². The third-order valence-corrected chi connectivity index (χ3v) is 6.04. The van der Waals surface area contributed by atoms with Crippen LogP contribution in [0.1, 0.15) is 15.9 Å². The summed E-state index contributed by atoms with van der Waals surface area (Å²) < 4.78 is 12.7. The van der Waals surface area contributed by atoms with Crippen LogP contribution >= 0.6 is 11.8 Å². The summed E-state index contributed by atoms with van der Waals surface area (Å²) in [6, 6.07) is 16.3. The van der Waals surface area contributed by atoms with Gasteiger partial charge in [-0.3, -0.25) is 14.0 Å². The van der Waals surface area contributed by atoms with Crippen molar-refractivity contribution in [1.82, 2.24) is 14.6 Å². The van der Waals surface area contributed by atoms with Gasteiger partial charge in [-0.2, -0.15) is 0 Å². The van der Waals surface area contributed by atoms with Gasteiger partial charge < -0.3 is 20.1 Å². The molecule has 2 aromatic heterocycles. The van der Waals surface area contributed by atoms with Gasteiger partial charge in [0.25, 0.3) is 5.91 Å². The summed E-state index contributed by atoms with van der Waals surface area (Å²) in [4.78, 5) is 25.2. The number of pyridine rings is 1. The zero-order valence-corrected chi connectivity index (χ0v) is 19.1. The molecule has 9 nitrogen and oxygen atoms in total. The van der Waals surface area contributed by atoms with Crippen molar-refractivity contribution in [1.29, 1.82) is 0 Å². The largest absolute Gasteiger partial charge is 0.486 e. The number of carbonyl (C=O) groups excluding carboxylic acids is 2. The van der Waals surface area contributed by atoms with Gasteiger partial charge in [-0.05, 0) is 43.3 Å². The topological polar surface area (TPSA) is 107 Å². The first-order valence-corrected chi connectivity index (χ1v) is 11.6. The molecular weight excluding hydrogens is 454 g/mol. The van der Waals surface area contributed by atoms with Crippen LogP contribution in [0, 0.1) is 6.92 Å². The minimum atomic E-state index is -0.244. The highest BCUT2D eigenvalue weighted by molar-refractivity contribution is 7.99. The van der Waals surface area contributed by atoms with E-state index >= 15 is 0 Å². The lowest BCUT2D eigenvalue weighted by atomic mass is 10.2. The van der Waals surface area contributed by atoms with Crippen LogP contribution in [-0.2, 0) is 4.79 Å². The fourth-order valence-corrected chi connectivity index (χ4v) is 4.11. The standard InChI is InChI=1S/C24H21N5O4S/c1-15-2-5-17(6-3-15)26-23(31)16-4-9-21-27-28-24(29(21)13-16)34-14-22(30)25-18-7-8-19-20(12-18)33-11-10-32-19/h2-9,12-13H,10-11,14H2,1H3,(H,25,30)(H,26,31). The minimum Gasteiger partial charge on any atom is -0.486 e. The van der Waals surface area contributed by atoms with Crippen molar-refractivity contribution >= 4 is 40.6 Å². The number of nitrogens with one attached hydrogen (secondary N) is 2. The van der Waals surface area contributed by atoms with E-state index in [1.54, 1.807) is 40.9 Å². The molecule has 0 radical (unpaired) electrons. The number of aromatic nitrogens is 3. The van der Waals surface area contributed by atoms with Crippen LogP contribution in [0.2, 0.25) is 0 Å². The number of ether oxygens (including phenoxy) is 2. The Balaban J connectivity index is 1.24. The predicted octanol–water partition coefficient (Wildman–Crippen LogP) is 3.79. The number of amides is 2. The molecule has 0 saturated heterocycles. The summed E-state index contributed by atoms with van der Waals surface area (Å²) in [5.74, 6) is 0.945. The number of thioether (sulfide) groups is 1. The first-order valence-electron chi connectivity index (χ1n) is 10.6. The average Bonchev–Trinajstić information content (AvgIpc) is 3.26. The fraction of sp³-hybridized carbons (Fsp3) is 0.167. The molecule has 3 heterocycles. The molecule has 1 aliphatic rings. The van der Waals surface area contributed by atoms with E-state index in [2.05, 4.69) is 20.8 Å². The molecular formula is C24H21N5O4S. The normalized spacial score (nSPS) is 12.4. The number of rotatable bonds is 6. The van der Waals surface area contributed by atoms with Crippen molar-refractivity contribution in [3.63, 3.8) is 0 Å². The summed E-state index contributed by atoms with van der Waals surface area (Å²) >= 11 is 1.23. The Labute approximate surface area is 199 Å². The van der Waals surface area contributed by atoms with Gasteiger partial charge in [0.15, 0.2) is 22.3 Å². The number of carbonyl (C=O) groups is 2. The molecule has 2 N–H and O–H groups in total. The van der Waals surface area contributed by atoms with Crippen LogP contribution in [0.5, 0.6) is 11.5 Å². The molecule has 172 valence electrons. The average molecular weight is 476 g/mol. The van der Waals surface area contributed by atoms with Crippen molar-refractivity contribution in [2.75, 3.05) is 29.6 Å². The van der Waals surface area contributed by atoms with Crippen LogP contribution < -0.4 is 20.1 Å². The SMILES string of the molecule is Cc1ccc(NC(=O)c2ccc3nnc(SCC(=O)Nc4ccc5c(c4)OCCO5)n3c2)cc1. The molecule has 4 aromatic rings. The van der Waals surface area contributed by atoms with E-state index < -0.39 is 0 Å². The molecule has 10 heteroatoms. The summed E-state index contributed by atoms with van der Waals surface area (Å²) in [6.07, 6.45) is 1.67. The van der Waals surface area contributed by atoms with Crippen molar-refractivity contribution < 1.29 is 19.1 Å². The lowest BCUT2D eigenvalue weighted by Gasteiger charge is -2.18. The number of fused-ring (bicyclic) bond motifs is 2. The molecule has 2 aromatic carbocycles. The van der Waals surface area contributed by atoms with Gasteiger partial charge in [-0.1, -0.05) is 29.5 Å². The molecule has 0 saturated carbocycles. The molecule has 5 rings (SSSR count). The maximum Gasteiger partial charge on any atom is 0.257 e. The highest BCUT2D eigenvalue weighted by Gasteiger charge is 2.15. The zero-order chi connectivity index (χ0) is 23.5. The highest BCUT2D eigenvalue weighted by atomic mass is 32.2. The number of benzene rings is 2. The summed E-state index contributed by atoms with van der Waals surface area (Å²) in [5.41, 5.74) is 3.49. The van der Waals surface area contributed by atoms with Gasteiger partial charge in [0, 0.05) is 23.6 Å². The van der Waals surface area contributed by atoms with E-state index in [1.807, 2.05) is 31.2 Å². The van der Waals surface area contributed by atoms with Crippen molar-refractivity contribution in [3.8, 4) is 11.5 Å². The third kappa shape index (κ3) is 4.81. The number of nitrogens with zero attached hydrogens (tertiary/aromatic N) is 3. The second kappa shape index (κ2) is 9.44.